The van der Waals surface area contributed by atoms with Crippen LogP contribution in [0.15, 0.2) is 65.6 Å². The molecule has 2 aliphatic rings. The van der Waals surface area contributed by atoms with Gasteiger partial charge in [-0.1, -0.05) is 41.5 Å². The molecule has 3 aromatic rings. The first-order valence-electron chi connectivity index (χ1n) is 14.7. The van der Waals surface area contributed by atoms with Gasteiger partial charge in [0, 0.05) is 41.6 Å². The summed E-state index contributed by atoms with van der Waals surface area (Å²) in [5.41, 5.74) is 1.70. The summed E-state index contributed by atoms with van der Waals surface area (Å²) in [7, 11) is 0. The van der Waals surface area contributed by atoms with E-state index in [9.17, 15) is 22.8 Å². The predicted molar refractivity (Wildman–Crippen MR) is 171 cm³/mol. The van der Waals surface area contributed by atoms with Crippen LogP contribution in [0.4, 0.5) is 18.9 Å². The lowest BCUT2D eigenvalue weighted by molar-refractivity contribution is -0.138. The number of hydrogen-bond donors (Lipinski definition) is 1. The van der Waals surface area contributed by atoms with E-state index in [4.69, 9.17) is 16.3 Å². The molecule has 1 fully saturated rings. The average molecular weight is 659 g/mol. The van der Waals surface area contributed by atoms with Crippen molar-refractivity contribution in [3.63, 3.8) is 0 Å². The van der Waals surface area contributed by atoms with Crippen molar-refractivity contribution in [1.29, 1.82) is 0 Å². The van der Waals surface area contributed by atoms with Crippen LogP contribution in [0.2, 0.25) is 5.02 Å². The van der Waals surface area contributed by atoms with Gasteiger partial charge in [-0.25, -0.2) is 4.98 Å². The van der Waals surface area contributed by atoms with Crippen LogP contribution in [-0.2, 0) is 15.8 Å². The molecule has 5 rings (SSSR count). The molecule has 2 aliphatic heterocycles. The van der Waals surface area contributed by atoms with Crippen LogP contribution in [0.3, 0.4) is 0 Å². The van der Waals surface area contributed by atoms with Gasteiger partial charge in [-0.3, -0.25) is 14.5 Å². The standard InChI is InChI=1S/C33H34ClF3N4O3S/c1-5-44-29-11-10-23(34)15-28(29)41-27(14-19(2)3)24(31(42)40-13-12-38-17-20(40)4)16-25(32(41)43)30-39-26(18-45-30)21-6-8-22(9-7-21)33(35,36)37/h6-11,14-16,18,20,24,27,38H,5,12-13,17H2,1-4H3/t20-,24?,27?/m0/s1. The van der Waals surface area contributed by atoms with E-state index < -0.39 is 29.6 Å². The zero-order chi connectivity index (χ0) is 32.5. The van der Waals surface area contributed by atoms with E-state index in [-0.39, 0.29) is 17.5 Å². The van der Waals surface area contributed by atoms with E-state index in [0.29, 0.717) is 59.0 Å². The monoisotopic (exact) mass is 658 g/mol. The lowest BCUT2D eigenvalue weighted by Gasteiger charge is -2.42. The molecule has 2 aromatic carbocycles. The number of ether oxygens (including phenoxy) is 1. The van der Waals surface area contributed by atoms with Gasteiger partial charge in [-0.2, -0.15) is 13.2 Å². The van der Waals surface area contributed by atoms with Gasteiger partial charge >= 0.3 is 6.18 Å². The number of piperazine rings is 1. The maximum Gasteiger partial charge on any atom is 0.416 e. The molecule has 1 saturated heterocycles. The predicted octanol–water partition coefficient (Wildman–Crippen LogP) is 7.08. The number of carbonyl (C=O) groups is 2. The average Bonchev–Trinajstić information content (AvgIpc) is 3.48. The van der Waals surface area contributed by atoms with E-state index in [1.807, 2.05) is 38.7 Å². The summed E-state index contributed by atoms with van der Waals surface area (Å²) in [6.45, 7) is 9.81. The van der Waals surface area contributed by atoms with Crippen molar-refractivity contribution in [1.82, 2.24) is 15.2 Å². The van der Waals surface area contributed by atoms with Crippen LogP contribution < -0.4 is 15.0 Å². The molecule has 1 aromatic heterocycles. The minimum atomic E-state index is -4.46. The molecule has 7 nitrogen and oxygen atoms in total. The summed E-state index contributed by atoms with van der Waals surface area (Å²) in [4.78, 5) is 37.0. The van der Waals surface area contributed by atoms with Gasteiger partial charge in [0.15, 0.2) is 0 Å². The Morgan fingerprint density at radius 1 is 1.20 bits per heavy atom. The van der Waals surface area contributed by atoms with Crippen molar-refractivity contribution < 1.29 is 27.5 Å². The van der Waals surface area contributed by atoms with Gasteiger partial charge in [0.25, 0.3) is 5.91 Å². The molecule has 12 heteroatoms. The first-order valence-corrected chi connectivity index (χ1v) is 15.9. The van der Waals surface area contributed by atoms with E-state index in [0.717, 1.165) is 17.7 Å². The minimum absolute atomic E-state index is 0.0576. The van der Waals surface area contributed by atoms with Crippen LogP contribution in [0.25, 0.3) is 16.8 Å². The molecule has 0 radical (unpaired) electrons. The molecule has 45 heavy (non-hydrogen) atoms. The number of allylic oxidation sites excluding steroid dienone is 1. The molecular weight excluding hydrogens is 625 g/mol. The number of thiazole rings is 1. The first-order chi connectivity index (χ1) is 21.4. The highest BCUT2D eigenvalue weighted by Crippen LogP contribution is 2.42. The highest BCUT2D eigenvalue weighted by molar-refractivity contribution is 7.11. The van der Waals surface area contributed by atoms with Crippen LogP contribution in [0.5, 0.6) is 5.75 Å². The summed E-state index contributed by atoms with van der Waals surface area (Å²) in [6.07, 6.45) is -0.854. The van der Waals surface area contributed by atoms with Crippen molar-refractivity contribution in [2.75, 3.05) is 31.1 Å². The number of amides is 2. The topological polar surface area (TPSA) is 74.8 Å². The van der Waals surface area contributed by atoms with Crippen molar-refractivity contribution in [2.45, 2.75) is 46.0 Å². The van der Waals surface area contributed by atoms with E-state index in [1.54, 1.807) is 34.6 Å². The van der Waals surface area contributed by atoms with Gasteiger partial charge in [-0.15, -0.1) is 11.3 Å². The van der Waals surface area contributed by atoms with Gasteiger partial charge in [0.1, 0.15) is 10.8 Å². The molecule has 2 unspecified atom stereocenters. The Bertz CT molecular complexity index is 1630. The van der Waals surface area contributed by atoms with E-state index in [1.165, 1.54) is 23.5 Å². The van der Waals surface area contributed by atoms with Gasteiger partial charge < -0.3 is 15.0 Å². The quantitative estimate of drug-likeness (QED) is 0.275. The molecule has 0 aliphatic carbocycles. The van der Waals surface area contributed by atoms with E-state index in [2.05, 4.69) is 10.3 Å². The van der Waals surface area contributed by atoms with Crippen molar-refractivity contribution in [3.8, 4) is 17.0 Å². The molecule has 0 spiro atoms. The van der Waals surface area contributed by atoms with Crippen LogP contribution in [0, 0.1) is 5.92 Å². The van der Waals surface area contributed by atoms with Crippen molar-refractivity contribution >= 4 is 46.0 Å². The van der Waals surface area contributed by atoms with Crippen LogP contribution >= 0.6 is 22.9 Å². The van der Waals surface area contributed by atoms with Gasteiger partial charge in [-0.05, 0) is 58.0 Å². The number of rotatable bonds is 7. The summed E-state index contributed by atoms with van der Waals surface area (Å²) in [6, 6.07) is 9.01. The summed E-state index contributed by atoms with van der Waals surface area (Å²) in [5, 5.41) is 5.75. The van der Waals surface area contributed by atoms with Crippen molar-refractivity contribution in [2.24, 2.45) is 5.92 Å². The second kappa shape index (κ2) is 13.4. The Labute approximate surface area is 269 Å². The number of hydrogen-bond acceptors (Lipinski definition) is 6. The van der Waals surface area contributed by atoms with Crippen molar-refractivity contribution in [3.05, 3.63) is 81.2 Å². The summed E-state index contributed by atoms with van der Waals surface area (Å²) < 4.78 is 45.4. The Hall–Kier alpha value is -3.67. The zero-order valence-corrected chi connectivity index (χ0v) is 26.9. The number of halogens is 4. The molecule has 238 valence electrons. The van der Waals surface area contributed by atoms with E-state index >= 15 is 0 Å². The van der Waals surface area contributed by atoms with Gasteiger partial charge in [0.2, 0.25) is 5.91 Å². The molecule has 3 heterocycles. The zero-order valence-electron chi connectivity index (χ0n) is 25.3. The second-order valence-corrected chi connectivity index (χ2v) is 12.6. The highest BCUT2D eigenvalue weighted by Gasteiger charge is 2.44. The Kier molecular flexibility index (Phi) is 9.71. The third kappa shape index (κ3) is 6.95. The maximum absolute atomic E-state index is 14.5. The third-order valence-corrected chi connectivity index (χ3v) is 8.87. The summed E-state index contributed by atoms with van der Waals surface area (Å²) >= 11 is 7.64. The Morgan fingerprint density at radius 2 is 1.93 bits per heavy atom. The number of nitrogens with one attached hydrogen (secondary N) is 1. The third-order valence-electron chi connectivity index (χ3n) is 7.76. The fourth-order valence-electron chi connectivity index (χ4n) is 5.62. The SMILES string of the molecule is CCOc1ccc(Cl)cc1N1C(=O)C(c2nc(-c3ccc(C(F)(F)F)cc3)cs2)=CC(C(=O)N2CCNC[C@@H]2C)C1C=C(C)C. The number of alkyl halides is 3. The molecule has 1 N–H and O–H groups in total. The van der Waals surface area contributed by atoms with Gasteiger partial charge in [0.05, 0.1) is 41.1 Å². The highest BCUT2D eigenvalue weighted by atomic mass is 35.5. The number of benzene rings is 2. The van der Waals surface area contributed by atoms with Crippen LogP contribution in [0.1, 0.15) is 38.3 Å². The fraction of sp³-hybridized carbons (Fsp3) is 0.364. The lowest BCUT2D eigenvalue weighted by atomic mass is 9.87. The Morgan fingerprint density at radius 3 is 2.58 bits per heavy atom. The molecular formula is C33H34ClF3N4O3S. The lowest BCUT2D eigenvalue weighted by Crippen LogP contribution is -2.58. The molecule has 0 saturated carbocycles. The Balaban J connectivity index is 1.65. The summed E-state index contributed by atoms with van der Waals surface area (Å²) in [5.74, 6) is -0.845. The normalized spacial score (nSPS) is 20.6. The molecule has 3 atom stereocenters. The maximum atomic E-state index is 14.5. The number of aromatic nitrogens is 1. The molecule has 0 bridgehead atoms. The smallest absolute Gasteiger partial charge is 0.416 e. The number of nitrogens with zero attached hydrogens (tertiary/aromatic N) is 3. The minimum Gasteiger partial charge on any atom is -0.492 e. The van der Waals surface area contributed by atoms with Crippen LogP contribution in [-0.4, -0.2) is 60.0 Å². The first kappa shape index (κ1) is 32.7. The fourth-order valence-corrected chi connectivity index (χ4v) is 6.63. The largest absolute Gasteiger partial charge is 0.492 e. The second-order valence-electron chi connectivity index (χ2n) is 11.3. The number of carbonyl (C=O) groups excluding carboxylic acids is 2. The molecule has 2 amide bonds. The number of anilines is 1.